The average Bonchev–Trinajstić information content (AvgIpc) is 2.85. The van der Waals surface area contributed by atoms with Crippen LogP contribution in [0.2, 0.25) is 0 Å². The van der Waals surface area contributed by atoms with E-state index in [4.69, 9.17) is 5.11 Å². The van der Waals surface area contributed by atoms with E-state index in [-0.39, 0.29) is 5.91 Å². The number of carbonyl (C=O) groups is 2. The van der Waals surface area contributed by atoms with Crippen molar-refractivity contribution in [2.45, 2.75) is 20.3 Å². The number of carbonyl (C=O) groups excluding carboxylic acids is 1. The fourth-order valence-corrected chi connectivity index (χ4v) is 3.83. The lowest BCUT2D eigenvalue weighted by atomic mass is 9.96. The molecule has 0 spiro atoms. The van der Waals surface area contributed by atoms with Gasteiger partial charge in [-0.15, -0.1) is 0 Å². The Morgan fingerprint density at radius 1 is 0.806 bits per heavy atom. The largest absolute Gasteiger partial charge is 0.465 e. The highest BCUT2D eigenvalue weighted by Crippen LogP contribution is 2.26. The van der Waals surface area contributed by atoms with E-state index in [1.807, 2.05) is 86.6 Å². The van der Waals surface area contributed by atoms with Crippen LogP contribution in [-0.2, 0) is 6.42 Å². The Morgan fingerprint density at radius 2 is 1.50 bits per heavy atom. The number of aryl methyl sites for hydroxylation is 2. The molecule has 0 saturated heterocycles. The molecule has 0 bridgehead atoms. The topological polar surface area (TPSA) is 103 Å². The summed E-state index contributed by atoms with van der Waals surface area (Å²) in [6.45, 7) is 4.68. The van der Waals surface area contributed by atoms with Crippen molar-refractivity contribution in [2.24, 2.45) is 0 Å². The number of hydrogen-bond donors (Lipinski definition) is 4. The third-order valence-corrected chi connectivity index (χ3v) is 5.68. The molecule has 1 aromatic heterocycles. The van der Waals surface area contributed by atoms with Crippen LogP contribution in [0.25, 0.3) is 11.1 Å². The maximum absolute atomic E-state index is 13.1. The van der Waals surface area contributed by atoms with Gasteiger partial charge in [-0.25, -0.2) is 9.78 Å². The van der Waals surface area contributed by atoms with E-state index in [0.29, 0.717) is 30.0 Å². The van der Waals surface area contributed by atoms with Crippen molar-refractivity contribution in [3.8, 4) is 11.1 Å². The minimum atomic E-state index is -1.14. The van der Waals surface area contributed by atoms with Gasteiger partial charge in [0.15, 0.2) is 0 Å². The first-order valence-corrected chi connectivity index (χ1v) is 11.7. The normalized spacial score (nSPS) is 10.5. The zero-order valence-electron chi connectivity index (χ0n) is 20.2. The molecule has 0 unspecified atom stereocenters. The van der Waals surface area contributed by atoms with Crippen LogP contribution < -0.4 is 16.0 Å². The first-order chi connectivity index (χ1) is 17.4. The minimum absolute atomic E-state index is 0.160. The van der Waals surface area contributed by atoms with Crippen molar-refractivity contribution < 1.29 is 14.7 Å². The minimum Gasteiger partial charge on any atom is -0.465 e. The number of carboxylic acid groups (broad SMARTS) is 1. The molecule has 0 aliphatic rings. The molecule has 4 N–H and O–H groups in total. The van der Waals surface area contributed by atoms with Gasteiger partial charge in [0, 0.05) is 35.6 Å². The summed E-state index contributed by atoms with van der Waals surface area (Å²) in [6.07, 6.45) is -0.512. The van der Waals surface area contributed by atoms with Crippen LogP contribution in [-0.4, -0.2) is 28.6 Å². The Kier molecular flexibility index (Phi) is 7.60. The smallest absolute Gasteiger partial charge is 0.410 e. The number of hydrogen-bond acceptors (Lipinski definition) is 4. The predicted molar refractivity (Wildman–Crippen MR) is 144 cm³/mol. The molecular formula is C29H28N4O3. The van der Waals surface area contributed by atoms with Crippen LogP contribution >= 0.6 is 0 Å². The molecule has 0 aliphatic carbocycles. The molecule has 7 heteroatoms. The van der Waals surface area contributed by atoms with Gasteiger partial charge in [-0.3, -0.25) is 10.1 Å². The number of aromatic nitrogens is 1. The Balaban J connectivity index is 1.37. The molecule has 4 aromatic rings. The summed E-state index contributed by atoms with van der Waals surface area (Å²) in [7, 11) is 0. The van der Waals surface area contributed by atoms with Gasteiger partial charge in [-0.05, 0) is 67.4 Å². The SMILES string of the molecule is Cc1ccc(-c2cc(C)ccc2C(=O)Nc2ccc(NCCc3cccc(NC(=O)O)n3)cc2)cc1. The molecule has 1 heterocycles. The monoisotopic (exact) mass is 480 g/mol. The average molecular weight is 481 g/mol. The Bertz CT molecular complexity index is 1370. The highest BCUT2D eigenvalue weighted by molar-refractivity contribution is 6.08. The fraction of sp³-hybridized carbons (Fsp3) is 0.138. The molecule has 36 heavy (non-hydrogen) atoms. The van der Waals surface area contributed by atoms with E-state index in [1.54, 1.807) is 12.1 Å². The Morgan fingerprint density at radius 3 is 2.22 bits per heavy atom. The van der Waals surface area contributed by atoms with Crippen molar-refractivity contribution >= 4 is 29.2 Å². The van der Waals surface area contributed by atoms with E-state index >= 15 is 0 Å². The third-order valence-electron chi connectivity index (χ3n) is 5.68. The molecule has 0 aliphatic heterocycles. The van der Waals surface area contributed by atoms with Crippen LogP contribution in [0.4, 0.5) is 22.0 Å². The lowest BCUT2D eigenvalue weighted by Gasteiger charge is -2.13. The molecule has 0 fully saturated rings. The van der Waals surface area contributed by atoms with Gasteiger partial charge in [-0.2, -0.15) is 0 Å². The second-order valence-corrected chi connectivity index (χ2v) is 8.57. The number of amides is 2. The van der Waals surface area contributed by atoms with Crippen LogP contribution in [0.1, 0.15) is 27.2 Å². The number of pyridine rings is 1. The zero-order valence-corrected chi connectivity index (χ0v) is 20.2. The highest BCUT2D eigenvalue weighted by Gasteiger charge is 2.13. The van der Waals surface area contributed by atoms with Gasteiger partial charge < -0.3 is 15.7 Å². The second-order valence-electron chi connectivity index (χ2n) is 8.57. The van der Waals surface area contributed by atoms with Gasteiger partial charge in [0.25, 0.3) is 5.91 Å². The van der Waals surface area contributed by atoms with Crippen molar-refractivity contribution in [1.82, 2.24) is 4.98 Å². The van der Waals surface area contributed by atoms with E-state index in [2.05, 4.69) is 20.9 Å². The predicted octanol–water partition coefficient (Wildman–Crippen LogP) is 6.36. The van der Waals surface area contributed by atoms with Crippen molar-refractivity contribution in [1.29, 1.82) is 0 Å². The summed E-state index contributed by atoms with van der Waals surface area (Å²) >= 11 is 0. The maximum atomic E-state index is 13.1. The van der Waals surface area contributed by atoms with Gasteiger partial charge >= 0.3 is 6.09 Å². The summed E-state index contributed by atoms with van der Waals surface area (Å²) in [5.74, 6) is 0.145. The van der Waals surface area contributed by atoms with Gasteiger partial charge in [0.1, 0.15) is 5.82 Å². The van der Waals surface area contributed by atoms with Crippen molar-refractivity contribution in [2.75, 3.05) is 22.5 Å². The first-order valence-electron chi connectivity index (χ1n) is 11.7. The number of anilines is 3. The molecule has 2 amide bonds. The summed E-state index contributed by atoms with van der Waals surface area (Å²) in [5, 5.41) is 17.4. The quantitative estimate of drug-likeness (QED) is 0.235. The number of rotatable bonds is 8. The van der Waals surface area contributed by atoms with Gasteiger partial charge in [0.05, 0.1) is 0 Å². The summed E-state index contributed by atoms with van der Waals surface area (Å²) < 4.78 is 0. The van der Waals surface area contributed by atoms with Crippen LogP contribution in [0.3, 0.4) is 0 Å². The Labute approximate surface area is 210 Å². The van der Waals surface area contributed by atoms with Crippen molar-refractivity contribution in [3.05, 3.63) is 107 Å². The van der Waals surface area contributed by atoms with E-state index in [9.17, 15) is 9.59 Å². The summed E-state index contributed by atoms with van der Waals surface area (Å²) in [6, 6.07) is 26.8. The van der Waals surface area contributed by atoms with Crippen molar-refractivity contribution in [3.63, 3.8) is 0 Å². The fourth-order valence-electron chi connectivity index (χ4n) is 3.83. The number of benzene rings is 3. The summed E-state index contributed by atoms with van der Waals surface area (Å²) in [4.78, 5) is 28.2. The van der Waals surface area contributed by atoms with Crippen LogP contribution in [0.15, 0.2) is 84.9 Å². The first kappa shape index (κ1) is 24.5. The number of nitrogens with zero attached hydrogens (tertiary/aromatic N) is 1. The number of nitrogens with one attached hydrogen (secondary N) is 3. The molecule has 182 valence electrons. The molecule has 7 nitrogen and oxygen atoms in total. The molecule has 0 radical (unpaired) electrons. The van der Waals surface area contributed by atoms with E-state index in [0.717, 1.165) is 28.1 Å². The lowest BCUT2D eigenvalue weighted by molar-refractivity contribution is 0.102. The van der Waals surface area contributed by atoms with Crippen LogP contribution in [0.5, 0.6) is 0 Å². The van der Waals surface area contributed by atoms with Gasteiger partial charge in [-0.1, -0.05) is 53.6 Å². The molecular weight excluding hydrogens is 452 g/mol. The molecule has 0 atom stereocenters. The second kappa shape index (κ2) is 11.2. The van der Waals surface area contributed by atoms with Crippen LogP contribution in [0, 0.1) is 13.8 Å². The lowest BCUT2D eigenvalue weighted by Crippen LogP contribution is -2.13. The standard InChI is InChI=1S/C29H28N4O3/c1-19-6-9-21(10-7-19)26-18-20(2)8-15-25(26)28(34)32-24-13-11-22(12-14-24)30-17-16-23-4-3-5-27(31-23)33-29(35)36/h3-15,18,30H,16-17H2,1-2H3,(H,31,33)(H,32,34)(H,35,36). The zero-order chi connectivity index (χ0) is 25.5. The Hall–Kier alpha value is -4.65. The third kappa shape index (κ3) is 6.48. The summed E-state index contributed by atoms with van der Waals surface area (Å²) in [5.41, 5.74) is 7.19. The van der Waals surface area contributed by atoms with E-state index < -0.39 is 6.09 Å². The molecule has 3 aromatic carbocycles. The maximum Gasteiger partial charge on any atom is 0.410 e. The highest BCUT2D eigenvalue weighted by atomic mass is 16.4. The van der Waals surface area contributed by atoms with Gasteiger partial charge in [0.2, 0.25) is 0 Å². The molecule has 4 rings (SSSR count). The molecule has 0 saturated carbocycles. The van der Waals surface area contributed by atoms with E-state index in [1.165, 1.54) is 5.56 Å².